The number of carbonyl (C=O) groups is 3. The standard InChI is InChI=1S/C20H22N4O4/c1-20(2)9-15-13(16(25)10-20)8-14(19(28)24(15)11-17(26)23-21)22-18(27)12-6-4-3-5-7-12/h3-8H,9-11,21H2,1-2H3,(H,22,27)(H,23,26). The Bertz CT molecular complexity index is 1010. The zero-order valence-corrected chi connectivity index (χ0v) is 15.7. The molecular formula is C20H22N4O4. The number of hydrogen-bond acceptors (Lipinski definition) is 5. The Balaban J connectivity index is 2.09. The van der Waals surface area contributed by atoms with Crippen molar-refractivity contribution >= 4 is 23.3 Å². The first-order valence-electron chi connectivity index (χ1n) is 8.87. The van der Waals surface area contributed by atoms with Crippen molar-refractivity contribution in [3.63, 3.8) is 0 Å². The maximum atomic E-state index is 13.0. The van der Waals surface area contributed by atoms with Gasteiger partial charge in [0.05, 0.1) is 0 Å². The molecule has 1 heterocycles. The number of benzene rings is 1. The minimum Gasteiger partial charge on any atom is -0.317 e. The maximum absolute atomic E-state index is 13.0. The molecule has 4 N–H and O–H groups in total. The maximum Gasteiger partial charge on any atom is 0.275 e. The molecule has 8 heteroatoms. The van der Waals surface area contributed by atoms with E-state index in [0.29, 0.717) is 29.7 Å². The van der Waals surface area contributed by atoms with Gasteiger partial charge in [-0.25, -0.2) is 5.84 Å². The number of amides is 2. The molecule has 8 nitrogen and oxygen atoms in total. The highest BCUT2D eigenvalue weighted by atomic mass is 16.2. The monoisotopic (exact) mass is 382 g/mol. The SMILES string of the molecule is CC1(C)CC(=O)c2cc(NC(=O)c3ccccc3)c(=O)n(CC(=O)NN)c2C1. The van der Waals surface area contributed by atoms with Crippen LogP contribution < -0.4 is 22.1 Å². The van der Waals surface area contributed by atoms with Gasteiger partial charge in [0.25, 0.3) is 17.4 Å². The van der Waals surface area contributed by atoms with E-state index in [1.165, 1.54) is 10.6 Å². The Morgan fingerprint density at radius 1 is 1.14 bits per heavy atom. The van der Waals surface area contributed by atoms with Crippen LogP contribution in [-0.2, 0) is 17.8 Å². The number of rotatable bonds is 4. The van der Waals surface area contributed by atoms with E-state index < -0.39 is 17.4 Å². The van der Waals surface area contributed by atoms with Crippen LogP contribution in [-0.4, -0.2) is 22.2 Å². The number of aromatic nitrogens is 1. The van der Waals surface area contributed by atoms with Gasteiger partial charge in [-0.3, -0.25) is 24.6 Å². The molecule has 0 radical (unpaired) electrons. The lowest BCUT2D eigenvalue weighted by molar-refractivity contribution is -0.121. The van der Waals surface area contributed by atoms with Crippen molar-refractivity contribution in [1.29, 1.82) is 0 Å². The third-order valence-electron chi connectivity index (χ3n) is 4.73. The highest BCUT2D eigenvalue weighted by Crippen LogP contribution is 2.34. The number of ketones is 1. The molecule has 2 amide bonds. The van der Waals surface area contributed by atoms with Gasteiger partial charge in [-0.05, 0) is 30.0 Å². The molecule has 3 rings (SSSR count). The van der Waals surface area contributed by atoms with Gasteiger partial charge in [0.1, 0.15) is 12.2 Å². The molecule has 0 bridgehead atoms. The Morgan fingerprint density at radius 3 is 2.46 bits per heavy atom. The highest BCUT2D eigenvalue weighted by molar-refractivity contribution is 6.05. The summed E-state index contributed by atoms with van der Waals surface area (Å²) in [5.74, 6) is 3.98. The Labute approximate surface area is 161 Å². The molecule has 0 aliphatic heterocycles. The molecule has 1 aromatic carbocycles. The van der Waals surface area contributed by atoms with Crippen molar-refractivity contribution in [2.45, 2.75) is 33.2 Å². The number of anilines is 1. The summed E-state index contributed by atoms with van der Waals surface area (Å²) in [5.41, 5.74) is 2.24. The van der Waals surface area contributed by atoms with Gasteiger partial charge in [0.2, 0.25) is 0 Å². The molecule has 1 aliphatic carbocycles. The number of hydrogen-bond donors (Lipinski definition) is 3. The molecule has 2 aromatic rings. The van der Waals surface area contributed by atoms with Crippen molar-refractivity contribution in [2.75, 3.05) is 5.32 Å². The topological polar surface area (TPSA) is 123 Å². The lowest BCUT2D eigenvalue weighted by Crippen LogP contribution is -2.41. The first-order valence-corrected chi connectivity index (χ1v) is 8.87. The molecule has 1 aromatic heterocycles. The van der Waals surface area contributed by atoms with Gasteiger partial charge in [-0.2, -0.15) is 0 Å². The number of carbonyl (C=O) groups excluding carboxylic acids is 3. The molecule has 0 saturated carbocycles. The number of hydrazine groups is 1. The van der Waals surface area contributed by atoms with Crippen molar-refractivity contribution in [3.05, 3.63) is 63.6 Å². The van der Waals surface area contributed by atoms with E-state index in [1.54, 1.807) is 30.3 Å². The van der Waals surface area contributed by atoms with E-state index in [9.17, 15) is 19.2 Å². The highest BCUT2D eigenvalue weighted by Gasteiger charge is 2.34. The van der Waals surface area contributed by atoms with Crippen LogP contribution in [0.1, 0.15) is 46.7 Å². The van der Waals surface area contributed by atoms with E-state index in [4.69, 9.17) is 5.84 Å². The molecule has 0 atom stereocenters. The first-order chi connectivity index (χ1) is 13.2. The van der Waals surface area contributed by atoms with Gasteiger partial charge < -0.3 is 9.88 Å². The van der Waals surface area contributed by atoms with Crippen LogP contribution in [0.2, 0.25) is 0 Å². The molecule has 146 valence electrons. The number of pyridine rings is 1. The minimum atomic E-state index is -0.577. The van der Waals surface area contributed by atoms with Crippen molar-refractivity contribution in [1.82, 2.24) is 9.99 Å². The van der Waals surface area contributed by atoms with Crippen LogP contribution in [0, 0.1) is 5.41 Å². The fourth-order valence-electron chi connectivity index (χ4n) is 3.41. The zero-order chi connectivity index (χ0) is 20.5. The molecule has 0 spiro atoms. The number of nitrogens with two attached hydrogens (primary N) is 1. The molecular weight excluding hydrogens is 360 g/mol. The Morgan fingerprint density at radius 2 is 1.82 bits per heavy atom. The summed E-state index contributed by atoms with van der Waals surface area (Å²) in [6, 6.07) is 9.82. The van der Waals surface area contributed by atoms with Crippen molar-refractivity contribution in [2.24, 2.45) is 11.3 Å². The smallest absolute Gasteiger partial charge is 0.275 e. The van der Waals surface area contributed by atoms with Crippen LogP contribution in [0.25, 0.3) is 0 Å². The quantitative estimate of drug-likeness (QED) is 0.417. The summed E-state index contributed by atoms with van der Waals surface area (Å²) in [5, 5.41) is 2.56. The summed E-state index contributed by atoms with van der Waals surface area (Å²) in [6.07, 6.45) is 0.765. The fraction of sp³-hybridized carbons (Fsp3) is 0.300. The Hall–Kier alpha value is -3.26. The van der Waals surface area contributed by atoms with E-state index in [2.05, 4.69) is 5.32 Å². The van der Waals surface area contributed by atoms with Crippen LogP contribution in [0.15, 0.2) is 41.2 Å². The second-order valence-electron chi connectivity index (χ2n) is 7.64. The summed E-state index contributed by atoms with van der Waals surface area (Å²) in [4.78, 5) is 50.0. The van der Waals surface area contributed by atoms with E-state index >= 15 is 0 Å². The van der Waals surface area contributed by atoms with E-state index in [-0.39, 0.29) is 23.4 Å². The second kappa shape index (κ2) is 7.40. The van der Waals surface area contributed by atoms with Gasteiger partial charge in [-0.15, -0.1) is 0 Å². The summed E-state index contributed by atoms with van der Waals surface area (Å²) in [6.45, 7) is 3.52. The molecule has 1 aliphatic rings. The minimum absolute atomic E-state index is 0.0505. The predicted octanol–water partition coefficient (Wildman–Crippen LogP) is 1.25. The molecule has 0 unspecified atom stereocenters. The average molecular weight is 382 g/mol. The largest absolute Gasteiger partial charge is 0.317 e. The van der Waals surface area contributed by atoms with Crippen molar-refractivity contribution < 1.29 is 14.4 Å². The second-order valence-corrected chi connectivity index (χ2v) is 7.64. The fourth-order valence-corrected chi connectivity index (χ4v) is 3.41. The number of fused-ring (bicyclic) bond motifs is 1. The summed E-state index contributed by atoms with van der Waals surface area (Å²) in [7, 11) is 0. The molecule has 0 saturated heterocycles. The van der Waals surface area contributed by atoms with Crippen LogP contribution >= 0.6 is 0 Å². The molecule has 28 heavy (non-hydrogen) atoms. The lowest BCUT2D eigenvalue weighted by atomic mass is 9.75. The number of Topliss-reactive ketones (excluding diaryl/α,β-unsaturated/α-hetero) is 1. The van der Waals surface area contributed by atoms with Crippen molar-refractivity contribution in [3.8, 4) is 0 Å². The first kappa shape index (κ1) is 19.5. The number of nitrogens with zero attached hydrogens (tertiary/aromatic N) is 1. The zero-order valence-electron chi connectivity index (χ0n) is 15.7. The van der Waals surface area contributed by atoms with Crippen LogP contribution in [0.5, 0.6) is 0 Å². The number of nitrogens with one attached hydrogen (secondary N) is 2. The van der Waals surface area contributed by atoms with Gasteiger partial charge in [0.15, 0.2) is 5.78 Å². The normalized spacial score (nSPS) is 14.9. The summed E-state index contributed by atoms with van der Waals surface area (Å²) < 4.78 is 1.22. The van der Waals surface area contributed by atoms with E-state index in [1.807, 2.05) is 19.3 Å². The summed E-state index contributed by atoms with van der Waals surface area (Å²) >= 11 is 0. The average Bonchev–Trinajstić information content (AvgIpc) is 2.65. The third kappa shape index (κ3) is 3.86. The van der Waals surface area contributed by atoms with Gasteiger partial charge in [-0.1, -0.05) is 32.0 Å². The third-order valence-corrected chi connectivity index (χ3v) is 4.73. The van der Waals surface area contributed by atoms with Gasteiger partial charge >= 0.3 is 0 Å². The molecule has 0 fully saturated rings. The van der Waals surface area contributed by atoms with E-state index in [0.717, 1.165) is 0 Å². The predicted molar refractivity (Wildman–Crippen MR) is 104 cm³/mol. The van der Waals surface area contributed by atoms with Crippen LogP contribution in [0.4, 0.5) is 5.69 Å². The van der Waals surface area contributed by atoms with Crippen LogP contribution in [0.3, 0.4) is 0 Å². The van der Waals surface area contributed by atoms with Gasteiger partial charge in [0, 0.05) is 23.2 Å². The Kier molecular flexibility index (Phi) is 5.15. The lowest BCUT2D eigenvalue weighted by Gasteiger charge is -2.32.